The highest BCUT2D eigenvalue weighted by Gasteiger charge is 2.32. The summed E-state index contributed by atoms with van der Waals surface area (Å²) in [7, 11) is 0. The molecule has 0 spiro atoms. The number of aryl methyl sites for hydroxylation is 1. The maximum atomic E-state index is 13.4. The fourth-order valence-corrected chi connectivity index (χ4v) is 3.96. The number of rotatable bonds is 10. The third kappa shape index (κ3) is 6.42. The minimum absolute atomic E-state index is 0.145. The van der Waals surface area contributed by atoms with Gasteiger partial charge in [-0.1, -0.05) is 48.0 Å². The molecule has 0 unspecified atom stereocenters. The minimum Gasteiger partial charge on any atom is -0.486 e. The van der Waals surface area contributed by atoms with E-state index in [9.17, 15) is 4.79 Å². The standard InChI is InChI=1S/C30H27N5O2/c1-23-9-13-26(14-10-23)35-29(22-37-27-7-3-2-4-8-27)33-28(30(35)36)21-24-11-15-25(16-12-24)34(19-5-17-31)20-6-18-32/h2-4,7-16,21H,5-6,19-20,22H2,1H3/b28-21-. The van der Waals surface area contributed by atoms with Crippen LogP contribution in [-0.2, 0) is 4.79 Å². The van der Waals surface area contributed by atoms with Crippen LogP contribution in [-0.4, -0.2) is 31.4 Å². The number of carbonyl (C=O) groups excluding carboxylic acids is 1. The van der Waals surface area contributed by atoms with Crippen molar-refractivity contribution in [3.05, 3.63) is 95.7 Å². The van der Waals surface area contributed by atoms with Crippen molar-refractivity contribution in [1.82, 2.24) is 0 Å². The predicted octanol–water partition coefficient (Wildman–Crippen LogP) is 5.49. The van der Waals surface area contributed by atoms with Crippen molar-refractivity contribution in [2.75, 3.05) is 29.5 Å². The number of anilines is 2. The van der Waals surface area contributed by atoms with Crippen LogP contribution in [0.3, 0.4) is 0 Å². The number of amides is 1. The van der Waals surface area contributed by atoms with Gasteiger partial charge in [-0.25, -0.2) is 4.99 Å². The summed E-state index contributed by atoms with van der Waals surface area (Å²) in [5.74, 6) is 0.996. The zero-order valence-corrected chi connectivity index (χ0v) is 20.7. The molecule has 7 nitrogen and oxygen atoms in total. The quantitative estimate of drug-likeness (QED) is 0.351. The van der Waals surface area contributed by atoms with Gasteiger partial charge in [0.05, 0.1) is 30.7 Å². The van der Waals surface area contributed by atoms with E-state index in [1.807, 2.05) is 90.7 Å². The highest BCUT2D eigenvalue weighted by molar-refractivity contribution is 6.29. The van der Waals surface area contributed by atoms with Crippen molar-refractivity contribution in [3.63, 3.8) is 0 Å². The molecule has 37 heavy (non-hydrogen) atoms. The second-order valence-electron chi connectivity index (χ2n) is 8.53. The van der Waals surface area contributed by atoms with Gasteiger partial charge in [-0.15, -0.1) is 0 Å². The number of hydrogen-bond acceptors (Lipinski definition) is 6. The molecule has 0 saturated carbocycles. The first-order valence-corrected chi connectivity index (χ1v) is 12.1. The zero-order chi connectivity index (χ0) is 26.0. The van der Waals surface area contributed by atoms with Gasteiger partial charge in [-0.2, -0.15) is 10.5 Å². The molecule has 0 radical (unpaired) electrons. The molecule has 184 valence electrons. The second-order valence-corrected chi connectivity index (χ2v) is 8.53. The van der Waals surface area contributed by atoms with E-state index < -0.39 is 0 Å². The van der Waals surface area contributed by atoms with E-state index in [4.69, 9.17) is 15.3 Å². The van der Waals surface area contributed by atoms with Crippen molar-refractivity contribution < 1.29 is 9.53 Å². The molecule has 1 heterocycles. The molecule has 0 N–H and O–H groups in total. The Morgan fingerprint density at radius 3 is 2.19 bits per heavy atom. The van der Waals surface area contributed by atoms with Crippen LogP contribution in [0, 0.1) is 29.6 Å². The van der Waals surface area contributed by atoms with Crippen LogP contribution in [0.5, 0.6) is 5.75 Å². The molecule has 0 aromatic heterocycles. The topological polar surface area (TPSA) is 92.7 Å². The normalized spacial score (nSPS) is 13.7. The summed E-state index contributed by atoms with van der Waals surface area (Å²) in [5, 5.41) is 17.9. The fraction of sp³-hybridized carbons (Fsp3) is 0.200. The molecule has 1 aliphatic heterocycles. The van der Waals surface area contributed by atoms with Gasteiger partial charge in [-0.3, -0.25) is 9.69 Å². The Bertz CT molecular complexity index is 1350. The lowest BCUT2D eigenvalue weighted by atomic mass is 10.1. The molecule has 0 bridgehead atoms. The van der Waals surface area contributed by atoms with E-state index in [0.29, 0.717) is 43.2 Å². The molecular formula is C30H27N5O2. The maximum absolute atomic E-state index is 13.4. The summed E-state index contributed by atoms with van der Waals surface area (Å²) in [6.07, 6.45) is 2.52. The van der Waals surface area contributed by atoms with Crippen molar-refractivity contribution >= 4 is 29.2 Å². The van der Waals surface area contributed by atoms with Crippen LogP contribution < -0.4 is 14.5 Å². The zero-order valence-electron chi connectivity index (χ0n) is 20.7. The molecule has 4 rings (SSSR count). The molecule has 1 amide bonds. The van der Waals surface area contributed by atoms with Crippen LogP contribution in [0.2, 0.25) is 0 Å². The molecule has 7 heteroatoms. The SMILES string of the molecule is Cc1ccc(N2C(=O)/C(=C/c3ccc(N(CCC#N)CCC#N)cc3)N=C2COc2ccccc2)cc1. The third-order valence-electron chi connectivity index (χ3n) is 5.88. The average molecular weight is 490 g/mol. The largest absolute Gasteiger partial charge is 0.486 e. The van der Waals surface area contributed by atoms with Crippen LogP contribution in [0.25, 0.3) is 6.08 Å². The highest BCUT2D eigenvalue weighted by Crippen LogP contribution is 2.27. The number of ether oxygens (including phenoxy) is 1. The van der Waals surface area contributed by atoms with E-state index in [1.54, 1.807) is 11.0 Å². The van der Waals surface area contributed by atoms with Crippen LogP contribution in [0.15, 0.2) is 89.6 Å². The maximum Gasteiger partial charge on any atom is 0.282 e. The van der Waals surface area contributed by atoms with Crippen LogP contribution >= 0.6 is 0 Å². The van der Waals surface area contributed by atoms with Crippen LogP contribution in [0.1, 0.15) is 24.0 Å². The summed E-state index contributed by atoms with van der Waals surface area (Å²) >= 11 is 0. The van der Waals surface area contributed by atoms with Gasteiger partial charge < -0.3 is 9.64 Å². The van der Waals surface area contributed by atoms with Crippen LogP contribution in [0.4, 0.5) is 11.4 Å². The summed E-state index contributed by atoms with van der Waals surface area (Å²) < 4.78 is 5.92. The first-order valence-electron chi connectivity index (χ1n) is 12.1. The number of nitrogens with zero attached hydrogens (tertiary/aromatic N) is 5. The molecule has 0 atom stereocenters. The van der Waals surface area contributed by atoms with Crippen molar-refractivity contribution in [3.8, 4) is 17.9 Å². The van der Waals surface area contributed by atoms with E-state index in [-0.39, 0.29) is 12.5 Å². The Labute approximate surface area is 217 Å². The van der Waals surface area contributed by atoms with E-state index >= 15 is 0 Å². The lowest BCUT2D eigenvalue weighted by molar-refractivity contribution is -0.113. The molecule has 3 aromatic carbocycles. The van der Waals surface area contributed by atoms with E-state index in [2.05, 4.69) is 17.1 Å². The number of nitriles is 2. The molecule has 1 aliphatic rings. The lowest BCUT2D eigenvalue weighted by Gasteiger charge is -2.22. The summed E-state index contributed by atoms with van der Waals surface area (Å²) in [6.45, 7) is 3.25. The number of hydrogen-bond donors (Lipinski definition) is 0. The summed E-state index contributed by atoms with van der Waals surface area (Å²) in [5.41, 5.74) is 3.91. The van der Waals surface area contributed by atoms with Gasteiger partial charge in [0.15, 0.2) is 5.84 Å². The Balaban J connectivity index is 1.58. The minimum atomic E-state index is -0.218. The predicted molar refractivity (Wildman–Crippen MR) is 145 cm³/mol. The van der Waals surface area contributed by atoms with E-state index in [1.165, 1.54) is 0 Å². The molecule has 0 fully saturated rings. The number of benzene rings is 3. The molecular weight excluding hydrogens is 462 g/mol. The molecule has 0 saturated heterocycles. The van der Waals surface area contributed by atoms with Gasteiger partial charge in [0.1, 0.15) is 18.1 Å². The first kappa shape index (κ1) is 25.2. The van der Waals surface area contributed by atoms with Crippen molar-refractivity contribution in [2.45, 2.75) is 19.8 Å². The van der Waals surface area contributed by atoms with Gasteiger partial charge in [0, 0.05) is 18.8 Å². The Morgan fingerprint density at radius 1 is 0.919 bits per heavy atom. The summed E-state index contributed by atoms with van der Waals surface area (Å²) in [4.78, 5) is 21.7. The van der Waals surface area contributed by atoms with Gasteiger partial charge in [0.2, 0.25) is 0 Å². The Hall–Kier alpha value is -4.88. The average Bonchev–Trinajstić information content (AvgIpc) is 3.23. The van der Waals surface area contributed by atoms with Gasteiger partial charge in [-0.05, 0) is 55.0 Å². The highest BCUT2D eigenvalue weighted by atomic mass is 16.5. The lowest BCUT2D eigenvalue weighted by Crippen LogP contribution is -2.35. The Morgan fingerprint density at radius 2 is 1.57 bits per heavy atom. The second kappa shape index (κ2) is 12.2. The monoisotopic (exact) mass is 489 g/mol. The first-order chi connectivity index (χ1) is 18.1. The third-order valence-corrected chi connectivity index (χ3v) is 5.88. The smallest absolute Gasteiger partial charge is 0.282 e. The number of carbonyl (C=O) groups is 1. The summed E-state index contributed by atoms with van der Waals surface area (Å²) in [6, 6.07) is 29.1. The Kier molecular flexibility index (Phi) is 8.31. The van der Waals surface area contributed by atoms with Crippen molar-refractivity contribution in [2.24, 2.45) is 4.99 Å². The fourth-order valence-electron chi connectivity index (χ4n) is 3.96. The molecule has 0 aliphatic carbocycles. The van der Waals surface area contributed by atoms with Crippen molar-refractivity contribution in [1.29, 1.82) is 10.5 Å². The van der Waals surface area contributed by atoms with E-state index in [0.717, 1.165) is 22.5 Å². The van der Waals surface area contributed by atoms with Gasteiger partial charge >= 0.3 is 0 Å². The molecule has 3 aromatic rings. The number of para-hydroxylation sites is 1. The van der Waals surface area contributed by atoms with Gasteiger partial charge in [0.25, 0.3) is 5.91 Å². The number of aliphatic imine (C=N–C) groups is 1. The number of amidine groups is 1.